The molecular formula is C16H25N3O3. The molecule has 1 fully saturated rings. The first kappa shape index (κ1) is 15.5. The molecule has 0 saturated carbocycles. The number of nitrogens with one attached hydrogen (secondary N) is 1. The Labute approximate surface area is 131 Å². The molecule has 0 aliphatic carbocycles. The summed E-state index contributed by atoms with van der Waals surface area (Å²) in [6.45, 7) is 10.1. The van der Waals surface area contributed by atoms with E-state index in [4.69, 9.17) is 9.47 Å². The highest BCUT2D eigenvalue weighted by atomic mass is 16.5. The third-order valence-electron chi connectivity index (χ3n) is 4.36. The van der Waals surface area contributed by atoms with Crippen LogP contribution in [0.1, 0.15) is 62.0 Å². The van der Waals surface area contributed by atoms with Crippen LogP contribution in [0.2, 0.25) is 0 Å². The number of aromatic nitrogens is 2. The molecule has 0 spiro atoms. The van der Waals surface area contributed by atoms with Gasteiger partial charge in [-0.15, -0.1) is 0 Å². The molecule has 6 heteroatoms. The van der Waals surface area contributed by atoms with E-state index in [-0.39, 0.29) is 23.7 Å². The maximum atomic E-state index is 12.9. The van der Waals surface area contributed by atoms with E-state index >= 15 is 0 Å². The number of hydrogen-bond acceptors (Lipinski definition) is 4. The molecule has 0 radical (unpaired) electrons. The summed E-state index contributed by atoms with van der Waals surface area (Å²) >= 11 is 0. The Morgan fingerprint density at radius 1 is 1.41 bits per heavy atom. The Hall–Kier alpha value is -1.40. The zero-order chi connectivity index (χ0) is 15.9. The highest BCUT2D eigenvalue weighted by molar-refractivity contribution is 5.94. The zero-order valence-electron chi connectivity index (χ0n) is 13.8. The molecule has 0 aromatic carbocycles. The molecule has 1 amide bonds. The third-order valence-corrected chi connectivity index (χ3v) is 4.36. The minimum atomic E-state index is -0.313. The van der Waals surface area contributed by atoms with Gasteiger partial charge in [0.05, 0.1) is 23.5 Å². The minimum absolute atomic E-state index is 0.00243. The predicted molar refractivity (Wildman–Crippen MR) is 81.8 cm³/mol. The number of carbonyl (C=O) groups excluding carboxylic acids is 1. The molecule has 2 atom stereocenters. The second kappa shape index (κ2) is 5.66. The van der Waals surface area contributed by atoms with Crippen LogP contribution in [0.25, 0.3) is 0 Å². The van der Waals surface area contributed by atoms with Crippen LogP contribution in [0.3, 0.4) is 0 Å². The Morgan fingerprint density at radius 3 is 2.95 bits per heavy atom. The highest BCUT2D eigenvalue weighted by Gasteiger charge is 2.34. The zero-order valence-corrected chi connectivity index (χ0v) is 13.8. The van der Waals surface area contributed by atoms with Crippen LogP contribution in [0.4, 0.5) is 0 Å². The number of nitrogens with zero attached hydrogens (tertiary/aromatic N) is 2. The van der Waals surface area contributed by atoms with E-state index in [2.05, 4.69) is 10.2 Å². The molecule has 3 heterocycles. The normalized spacial score (nSPS) is 28.1. The first-order valence-corrected chi connectivity index (χ1v) is 8.03. The van der Waals surface area contributed by atoms with Gasteiger partial charge in [0, 0.05) is 31.7 Å². The van der Waals surface area contributed by atoms with E-state index in [1.807, 2.05) is 32.6 Å². The molecule has 0 bridgehead atoms. The van der Waals surface area contributed by atoms with Gasteiger partial charge in [-0.2, -0.15) is 5.10 Å². The fourth-order valence-corrected chi connectivity index (χ4v) is 3.36. The fraction of sp³-hybridized carbons (Fsp3) is 0.750. The summed E-state index contributed by atoms with van der Waals surface area (Å²) in [7, 11) is 0. The molecule has 3 rings (SSSR count). The topological polar surface area (TPSA) is 67.5 Å². The van der Waals surface area contributed by atoms with Gasteiger partial charge in [0.25, 0.3) is 5.91 Å². The van der Waals surface area contributed by atoms with Crippen LogP contribution in [-0.4, -0.2) is 52.4 Å². The largest absolute Gasteiger partial charge is 0.374 e. The maximum Gasteiger partial charge on any atom is 0.274 e. The molecule has 1 N–H and O–H groups in total. The smallest absolute Gasteiger partial charge is 0.274 e. The first-order chi connectivity index (χ1) is 10.4. The monoisotopic (exact) mass is 307 g/mol. The van der Waals surface area contributed by atoms with Crippen molar-refractivity contribution >= 4 is 5.91 Å². The lowest BCUT2D eigenvalue weighted by molar-refractivity contribution is -0.0159. The average Bonchev–Trinajstić information content (AvgIpc) is 2.76. The van der Waals surface area contributed by atoms with E-state index in [0.717, 1.165) is 24.1 Å². The van der Waals surface area contributed by atoms with Crippen molar-refractivity contribution in [1.29, 1.82) is 0 Å². The number of carbonyl (C=O) groups is 1. The van der Waals surface area contributed by atoms with Gasteiger partial charge in [-0.05, 0) is 34.1 Å². The summed E-state index contributed by atoms with van der Waals surface area (Å²) in [4.78, 5) is 14.8. The number of H-pyrrole nitrogens is 1. The van der Waals surface area contributed by atoms with Gasteiger partial charge in [-0.25, -0.2) is 0 Å². The van der Waals surface area contributed by atoms with Gasteiger partial charge >= 0.3 is 0 Å². The first-order valence-electron chi connectivity index (χ1n) is 8.03. The summed E-state index contributed by atoms with van der Waals surface area (Å²) in [5.74, 6) is -0.00243. The van der Waals surface area contributed by atoms with Crippen molar-refractivity contribution in [3.63, 3.8) is 0 Å². The van der Waals surface area contributed by atoms with Crippen molar-refractivity contribution in [2.75, 3.05) is 19.7 Å². The molecule has 1 aromatic heterocycles. The van der Waals surface area contributed by atoms with Gasteiger partial charge < -0.3 is 14.4 Å². The lowest BCUT2D eigenvalue weighted by Crippen LogP contribution is -2.42. The van der Waals surface area contributed by atoms with Crippen molar-refractivity contribution < 1.29 is 14.3 Å². The highest BCUT2D eigenvalue weighted by Crippen LogP contribution is 2.31. The van der Waals surface area contributed by atoms with Crippen molar-refractivity contribution in [2.45, 2.75) is 58.3 Å². The quantitative estimate of drug-likeness (QED) is 0.862. The molecular weight excluding hydrogens is 282 g/mol. The van der Waals surface area contributed by atoms with Crippen LogP contribution in [0.5, 0.6) is 0 Å². The Kier molecular flexibility index (Phi) is 3.99. The standard InChI is InChI=1S/C16H25N3O3/c1-10-8-12-13(11(2)22-10)17-18-14(12)15(20)19-6-5-7-21-16(3,4)9-19/h10-11H,5-9H2,1-4H3,(H,17,18)/t10-,11+/m1/s1. The van der Waals surface area contributed by atoms with Crippen LogP contribution in [-0.2, 0) is 15.9 Å². The number of ether oxygens (including phenoxy) is 2. The van der Waals surface area contributed by atoms with E-state index in [9.17, 15) is 4.79 Å². The van der Waals surface area contributed by atoms with E-state index in [0.29, 0.717) is 25.4 Å². The molecule has 2 aliphatic heterocycles. The second-order valence-corrected chi connectivity index (χ2v) is 6.95. The van der Waals surface area contributed by atoms with Crippen LogP contribution in [0.15, 0.2) is 0 Å². The number of aromatic amines is 1. The molecule has 22 heavy (non-hydrogen) atoms. The summed E-state index contributed by atoms with van der Waals surface area (Å²) in [5.41, 5.74) is 2.19. The Bertz CT molecular complexity index is 567. The third kappa shape index (κ3) is 2.90. The van der Waals surface area contributed by atoms with E-state index in [1.54, 1.807) is 0 Å². The number of fused-ring (bicyclic) bond motifs is 1. The second-order valence-electron chi connectivity index (χ2n) is 6.95. The fourth-order valence-electron chi connectivity index (χ4n) is 3.36. The summed E-state index contributed by atoms with van der Waals surface area (Å²) in [6.07, 6.45) is 1.65. The Morgan fingerprint density at radius 2 is 2.18 bits per heavy atom. The van der Waals surface area contributed by atoms with Crippen molar-refractivity contribution in [3.05, 3.63) is 17.0 Å². The maximum absolute atomic E-state index is 12.9. The number of amides is 1. The summed E-state index contributed by atoms with van der Waals surface area (Å²) in [6, 6.07) is 0. The summed E-state index contributed by atoms with van der Waals surface area (Å²) in [5, 5.41) is 7.30. The van der Waals surface area contributed by atoms with Crippen LogP contribution >= 0.6 is 0 Å². The molecule has 2 aliphatic rings. The van der Waals surface area contributed by atoms with Gasteiger partial charge in [0.15, 0.2) is 5.69 Å². The van der Waals surface area contributed by atoms with Crippen LogP contribution in [0, 0.1) is 0 Å². The van der Waals surface area contributed by atoms with E-state index in [1.165, 1.54) is 0 Å². The van der Waals surface area contributed by atoms with E-state index < -0.39 is 0 Å². The van der Waals surface area contributed by atoms with Gasteiger partial charge in [-0.1, -0.05) is 0 Å². The molecule has 1 saturated heterocycles. The van der Waals surface area contributed by atoms with Crippen molar-refractivity contribution in [3.8, 4) is 0 Å². The molecule has 6 nitrogen and oxygen atoms in total. The SMILES string of the molecule is C[C@@H]1Cc2c(C(=O)N3CCCOC(C)(C)C3)n[nH]c2[C@H](C)O1. The lowest BCUT2D eigenvalue weighted by Gasteiger charge is -2.29. The predicted octanol–water partition coefficient (Wildman–Crippen LogP) is 2.07. The molecule has 122 valence electrons. The average molecular weight is 307 g/mol. The van der Waals surface area contributed by atoms with Gasteiger partial charge in [0.1, 0.15) is 0 Å². The lowest BCUT2D eigenvalue weighted by atomic mass is 9.99. The van der Waals surface area contributed by atoms with Crippen molar-refractivity contribution in [1.82, 2.24) is 15.1 Å². The van der Waals surface area contributed by atoms with Crippen molar-refractivity contribution in [2.24, 2.45) is 0 Å². The molecule has 1 aromatic rings. The van der Waals surface area contributed by atoms with Gasteiger partial charge in [0.2, 0.25) is 0 Å². The Balaban J connectivity index is 1.86. The molecule has 0 unspecified atom stereocenters. The number of hydrogen-bond donors (Lipinski definition) is 1. The summed E-state index contributed by atoms with van der Waals surface area (Å²) < 4.78 is 11.6. The van der Waals surface area contributed by atoms with Crippen LogP contribution < -0.4 is 0 Å². The van der Waals surface area contributed by atoms with Gasteiger partial charge in [-0.3, -0.25) is 9.89 Å². The minimum Gasteiger partial charge on any atom is -0.374 e. The number of rotatable bonds is 1.